The molecule has 21 heavy (non-hydrogen) atoms. The van der Waals surface area contributed by atoms with Gasteiger partial charge >= 0.3 is 0 Å². The van der Waals surface area contributed by atoms with Gasteiger partial charge in [0.05, 0.1) is 25.9 Å². The molecule has 4 heteroatoms. The standard InChI is InChI=1S/C17H14FNO2/c1-20-16-8-13(9-17(10-16)21-2)14(11-19)6-12-4-3-5-15(18)7-12/h3-10H,1-2H3/b14-6+. The number of halogens is 1. The first-order valence-corrected chi connectivity index (χ1v) is 6.27. The molecule has 0 aliphatic carbocycles. The van der Waals surface area contributed by atoms with Crippen LogP contribution in [0.5, 0.6) is 11.5 Å². The topological polar surface area (TPSA) is 42.2 Å². The molecule has 0 aromatic heterocycles. The molecule has 0 aliphatic heterocycles. The number of benzene rings is 2. The maximum Gasteiger partial charge on any atom is 0.123 e. The summed E-state index contributed by atoms with van der Waals surface area (Å²) in [7, 11) is 3.09. The quantitative estimate of drug-likeness (QED) is 0.631. The molecule has 0 atom stereocenters. The van der Waals surface area contributed by atoms with Crippen LogP contribution in [0.1, 0.15) is 11.1 Å². The molecule has 0 fully saturated rings. The molecule has 0 bridgehead atoms. The van der Waals surface area contributed by atoms with Gasteiger partial charge in [-0.15, -0.1) is 0 Å². The summed E-state index contributed by atoms with van der Waals surface area (Å²) < 4.78 is 23.6. The Labute approximate surface area is 122 Å². The Balaban J connectivity index is 2.49. The molecule has 0 aliphatic rings. The van der Waals surface area contributed by atoms with Gasteiger partial charge in [-0.2, -0.15) is 5.26 Å². The van der Waals surface area contributed by atoms with Crippen molar-refractivity contribution in [2.75, 3.05) is 14.2 Å². The summed E-state index contributed by atoms with van der Waals surface area (Å²) in [5, 5.41) is 9.34. The third kappa shape index (κ3) is 3.61. The second kappa shape index (κ2) is 6.58. The minimum absolute atomic E-state index is 0.343. The summed E-state index contributed by atoms with van der Waals surface area (Å²) in [6, 6.07) is 13.4. The number of methoxy groups -OCH3 is 2. The molecule has 0 radical (unpaired) electrons. The van der Waals surface area contributed by atoms with Gasteiger partial charge in [-0.05, 0) is 41.5 Å². The summed E-state index contributed by atoms with van der Waals surface area (Å²) in [4.78, 5) is 0. The highest BCUT2D eigenvalue weighted by atomic mass is 19.1. The number of hydrogen-bond acceptors (Lipinski definition) is 3. The molecule has 106 valence electrons. The van der Waals surface area contributed by atoms with Gasteiger partial charge in [0.1, 0.15) is 17.3 Å². The van der Waals surface area contributed by atoms with Crippen molar-refractivity contribution in [2.45, 2.75) is 0 Å². The largest absolute Gasteiger partial charge is 0.497 e. The number of allylic oxidation sites excluding steroid dienone is 1. The van der Waals surface area contributed by atoms with E-state index in [9.17, 15) is 9.65 Å². The van der Waals surface area contributed by atoms with Crippen LogP contribution in [0.3, 0.4) is 0 Å². The van der Waals surface area contributed by atoms with Crippen molar-refractivity contribution >= 4 is 11.6 Å². The maximum atomic E-state index is 13.2. The molecular formula is C17H14FNO2. The van der Waals surface area contributed by atoms with E-state index in [1.807, 2.05) is 0 Å². The van der Waals surface area contributed by atoms with E-state index in [0.717, 1.165) is 0 Å². The second-order valence-electron chi connectivity index (χ2n) is 4.33. The number of nitrogens with zero attached hydrogens (tertiary/aromatic N) is 1. The Hall–Kier alpha value is -2.80. The second-order valence-corrected chi connectivity index (χ2v) is 4.33. The fourth-order valence-electron chi connectivity index (χ4n) is 1.91. The Morgan fingerprint density at radius 2 is 1.76 bits per heavy atom. The van der Waals surface area contributed by atoms with Gasteiger partial charge < -0.3 is 9.47 Å². The smallest absolute Gasteiger partial charge is 0.123 e. The summed E-state index contributed by atoms with van der Waals surface area (Å²) >= 11 is 0. The van der Waals surface area contributed by atoms with Gasteiger partial charge in [0, 0.05) is 6.07 Å². The first kappa shape index (κ1) is 14.6. The highest BCUT2D eigenvalue weighted by molar-refractivity contribution is 5.90. The van der Waals surface area contributed by atoms with Crippen molar-refractivity contribution in [1.29, 1.82) is 5.26 Å². The first-order valence-electron chi connectivity index (χ1n) is 6.27. The summed E-state index contributed by atoms with van der Waals surface area (Å²) in [6.07, 6.45) is 1.62. The normalized spacial score (nSPS) is 10.9. The van der Waals surface area contributed by atoms with E-state index in [1.54, 1.807) is 50.6 Å². The minimum atomic E-state index is -0.343. The molecule has 0 spiro atoms. The van der Waals surface area contributed by atoms with Gasteiger partial charge in [-0.1, -0.05) is 12.1 Å². The molecule has 0 N–H and O–H groups in total. The van der Waals surface area contributed by atoms with Crippen LogP contribution in [0.4, 0.5) is 4.39 Å². The lowest BCUT2D eigenvalue weighted by molar-refractivity contribution is 0.394. The van der Waals surface area contributed by atoms with Crippen LogP contribution in [0.25, 0.3) is 11.6 Å². The molecular weight excluding hydrogens is 269 g/mol. The van der Waals surface area contributed by atoms with Crippen LogP contribution in [-0.4, -0.2) is 14.2 Å². The average Bonchev–Trinajstić information content (AvgIpc) is 2.52. The number of nitriles is 1. The zero-order valence-corrected chi connectivity index (χ0v) is 11.8. The molecule has 2 aromatic carbocycles. The summed E-state index contributed by atoms with van der Waals surface area (Å²) in [6.45, 7) is 0. The Morgan fingerprint density at radius 3 is 2.29 bits per heavy atom. The van der Waals surface area contributed by atoms with Crippen molar-refractivity contribution in [3.63, 3.8) is 0 Å². The van der Waals surface area contributed by atoms with Crippen molar-refractivity contribution in [3.8, 4) is 17.6 Å². The van der Waals surface area contributed by atoms with E-state index < -0.39 is 0 Å². The number of rotatable bonds is 4. The van der Waals surface area contributed by atoms with Gasteiger partial charge in [0.25, 0.3) is 0 Å². The van der Waals surface area contributed by atoms with Crippen molar-refractivity contribution in [1.82, 2.24) is 0 Å². The Morgan fingerprint density at radius 1 is 1.10 bits per heavy atom. The average molecular weight is 283 g/mol. The highest BCUT2D eigenvalue weighted by Gasteiger charge is 2.07. The molecule has 0 amide bonds. The molecule has 0 heterocycles. The van der Waals surface area contributed by atoms with Crippen LogP contribution in [0.2, 0.25) is 0 Å². The molecule has 2 rings (SSSR count). The van der Waals surface area contributed by atoms with E-state index >= 15 is 0 Å². The fourth-order valence-corrected chi connectivity index (χ4v) is 1.91. The van der Waals surface area contributed by atoms with E-state index in [4.69, 9.17) is 9.47 Å². The minimum Gasteiger partial charge on any atom is -0.497 e. The van der Waals surface area contributed by atoms with Gasteiger partial charge in [-0.3, -0.25) is 0 Å². The lowest BCUT2D eigenvalue weighted by Crippen LogP contribution is -1.91. The fraction of sp³-hybridized carbons (Fsp3) is 0.118. The van der Waals surface area contributed by atoms with Gasteiger partial charge in [-0.25, -0.2) is 4.39 Å². The first-order chi connectivity index (χ1) is 10.2. The Kier molecular flexibility index (Phi) is 4.57. The lowest BCUT2D eigenvalue weighted by Gasteiger charge is -2.08. The van der Waals surface area contributed by atoms with Crippen LogP contribution < -0.4 is 9.47 Å². The lowest BCUT2D eigenvalue weighted by atomic mass is 10.0. The zero-order valence-electron chi connectivity index (χ0n) is 11.8. The molecule has 0 saturated carbocycles. The van der Waals surface area contributed by atoms with Crippen LogP contribution >= 0.6 is 0 Å². The van der Waals surface area contributed by atoms with Crippen LogP contribution in [0.15, 0.2) is 42.5 Å². The molecule has 2 aromatic rings. The van der Waals surface area contributed by atoms with Gasteiger partial charge in [0.2, 0.25) is 0 Å². The van der Waals surface area contributed by atoms with Gasteiger partial charge in [0.15, 0.2) is 0 Å². The van der Waals surface area contributed by atoms with Crippen molar-refractivity contribution < 1.29 is 13.9 Å². The predicted octanol–water partition coefficient (Wildman–Crippen LogP) is 3.91. The molecule has 0 saturated heterocycles. The molecule has 3 nitrogen and oxygen atoms in total. The van der Waals surface area contributed by atoms with E-state index in [0.29, 0.717) is 28.2 Å². The van der Waals surface area contributed by atoms with Crippen LogP contribution in [0, 0.1) is 17.1 Å². The number of ether oxygens (including phenoxy) is 2. The van der Waals surface area contributed by atoms with E-state index in [1.165, 1.54) is 12.1 Å². The molecule has 0 unspecified atom stereocenters. The van der Waals surface area contributed by atoms with Crippen LogP contribution in [-0.2, 0) is 0 Å². The third-order valence-electron chi connectivity index (χ3n) is 2.94. The van der Waals surface area contributed by atoms with E-state index in [-0.39, 0.29) is 5.82 Å². The third-order valence-corrected chi connectivity index (χ3v) is 2.94. The summed E-state index contributed by atoms with van der Waals surface area (Å²) in [5.74, 6) is 0.832. The van der Waals surface area contributed by atoms with E-state index in [2.05, 4.69) is 6.07 Å². The Bertz CT molecular complexity index is 695. The van der Waals surface area contributed by atoms with Crippen molar-refractivity contribution in [2.24, 2.45) is 0 Å². The maximum absolute atomic E-state index is 13.2. The summed E-state index contributed by atoms with van der Waals surface area (Å²) in [5.41, 5.74) is 1.67. The predicted molar refractivity (Wildman–Crippen MR) is 79.4 cm³/mol. The number of hydrogen-bond donors (Lipinski definition) is 0. The monoisotopic (exact) mass is 283 g/mol. The highest BCUT2D eigenvalue weighted by Crippen LogP contribution is 2.28. The van der Waals surface area contributed by atoms with Crippen molar-refractivity contribution in [3.05, 3.63) is 59.4 Å². The zero-order chi connectivity index (χ0) is 15.2. The SMILES string of the molecule is COc1cc(OC)cc(/C(C#N)=C/c2cccc(F)c2)c1.